The highest BCUT2D eigenvalue weighted by atomic mass is 19.3. The molecule has 4 aromatic heterocycles. The fourth-order valence-corrected chi connectivity index (χ4v) is 4.12. The smallest absolute Gasteiger partial charge is 0.264 e. The minimum Gasteiger partial charge on any atom is -0.315 e. The predicted molar refractivity (Wildman–Crippen MR) is 109 cm³/mol. The molecule has 4 aromatic rings. The van der Waals surface area contributed by atoms with Gasteiger partial charge in [-0.15, -0.1) is 0 Å². The van der Waals surface area contributed by atoms with E-state index in [9.17, 15) is 13.6 Å². The van der Waals surface area contributed by atoms with E-state index < -0.39 is 12.0 Å². The molecule has 0 amide bonds. The Bertz CT molecular complexity index is 1340. The van der Waals surface area contributed by atoms with Gasteiger partial charge in [0, 0.05) is 18.3 Å². The number of alkyl halides is 2. The minimum atomic E-state index is -2.81. The summed E-state index contributed by atoms with van der Waals surface area (Å²) in [7, 11) is 0. The second-order valence-electron chi connectivity index (χ2n) is 7.70. The molecule has 5 heterocycles. The van der Waals surface area contributed by atoms with Crippen LogP contribution in [-0.4, -0.2) is 37.2 Å². The molecule has 5 rings (SSSR count). The maximum atomic E-state index is 14.0. The molecule has 0 bridgehead atoms. The molecule has 9 heteroatoms. The topological polar surface area (TPSA) is 77.1 Å². The highest BCUT2D eigenvalue weighted by molar-refractivity contribution is 5.84. The molecule has 1 aliphatic heterocycles. The van der Waals surface area contributed by atoms with Crippen LogP contribution >= 0.6 is 0 Å². The zero-order chi connectivity index (χ0) is 21.0. The molecule has 0 saturated carbocycles. The number of nitrogens with zero attached hydrogens (tertiary/aromatic N) is 5. The Morgan fingerprint density at radius 1 is 1.20 bits per heavy atom. The molecule has 0 radical (unpaired) electrons. The van der Waals surface area contributed by atoms with Crippen LogP contribution in [0.3, 0.4) is 0 Å². The van der Waals surface area contributed by atoms with Gasteiger partial charge in [-0.1, -0.05) is 0 Å². The Morgan fingerprint density at radius 2 is 2.03 bits per heavy atom. The van der Waals surface area contributed by atoms with Crippen molar-refractivity contribution in [3.05, 3.63) is 57.8 Å². The quantitative estimate of drug-likeness (QED) is 0.561. The van der Waals surface area contributed by atoms with Gasteiger partial charge < -0.3 is 9.88 Å². The van der Waals surface area contributed by atoms with Crippen molar-refractivity contribution in [1.29, 1.82) is 0 Å². The van der Waals surface area contributed by atoms with Crippen LogP contribution in [0.5, 0.6) is 0 Å². The van der Waals surface area contributed by atoms with Crippen molar-refractivity contribution in [3.63, 3.8) is 0 Å². The van der Waals surface area contributed by atoms with Crippen LogP contribution in [0.4, 0.5) is 8.78 Å². The summed E-state index contributed by atoms with van der Waals surface area (Å²) in [4.78, 5) is 22.0. The second-order valence-corrected chi connectivity index (χ2v) is 7.70. The Hall–Kier alpha value is -3.20. The number of aryl methyl sites for hydroxylation is 2. The maximum absolute atomic E-state index is 14.0. The molecule has 7 nitrogen and oxygen atoms in total. The summed E-state index contributed by atoms with van der Waals surface area (Å²) < 4.78 is 31.2. The molecule has 1 unspecified atom stereocenters. The molecule has 1 saturated heterocycles. The highest BCUT2D eigenvalue weighted by Gasteiger charge is 2.23. The van der Waals surface area contributed by atoms with E-state index in [2.05, 4.69) is 20.4 Å². The van der Waals surface area contributed by atoms with Gasteiger partial charge >= 0.3 is 0 Å². The lowest BCUT2D eigenvalue weighted by molar-refractivity contribution is 0.153. The van der Waals surface area contributed by atoms with Gasteiger partial charge in [-0.05, 0) is 50.6 Å². The molecular weight excluding hydrogens is 390 g/mol. The van der Waals surface area contributed by atoms with Crippen LogP contribution < -0.4 is 10.9 Å². The first-order chi connectivity index (χ1) is 14.4. The zero-order valence-electron chi connectivity index (χ0n) is 16.6. The molecule has 1 fully saturated rings. The Balaban J connectivity index is 1.73. The number of halogens is 2. The number of hydrogen-bond acceptors (Lipinski definition) is 5. The second kappa shape index (κ2) is 6.94. The first kappa shape index (κ1) is 18.8. The largest absolute Gasteiger partial charge is 0.315 e. The monoisotopic (exact) mass is 410 g/mol. The summed E-state index contributed by atoms with van der Waals surface area (Å²) in [6.45, 7) is 5.20. The Kier molecular flexibility index (Phi) is 4.35. The van der Waals surface area contributed by atoms with Crippen LogP contribution in [-0.2, 0) is 0 Å². The van der Waals surface area contributed by atoms with Crippen molar-refractivity contribution < 1.29 is 8.78 Å². The molecule has 1 aliphatic rings. The van der Waals surface area contributed by atoms with Gasteiger partial charge in [0.05, 0.1) is 34.5 Å². The van der Waals surface area contributed by atoms with E-state index in [-0.39, 0.29) is 22.5 Å². The molecule has 1 N–H and O–H groups in total. The van der Waals surface area contributed by atoms with Crippen molar-refractivity contribution >= 4 is 16.6 Å². The van der Waals surface area contributed by atoms with Gasteiger partial charge in [0.2, 0.25) is 0 Å². The van der Waals surface area contributed by atoms with Gasteiger partial charge in [-0.3, -0.25) is 4.79 Å². The Morgan fingerprint density at radius 3 is 2.77 bits per heavy atom. The molecule has 0 aliphatic carbocycles. The van der Waals surface area contributed by atoms with Crippen LogP contribution in [0.2, 0.25) is 0 Å². The van der Waals surface area contributed by atoms with Crippen molar-refractivity contribution in [2.75, 3.05) is 13.1 Å². The third kappa shape index (κ3) is 2.97. The minimum absolute atomic E-state index is 0.0283. The van der Waals surface area contributed by atoms with Gasteiger partial charge in [-0.2, -0.15) is 5.10 Å². The fourth-order valence-electron chi connectivity index (χ4n) is 4.12. The number of rotatable bonds is 3. The molecule has 30 heavy (non-hydrogen) atoms. The zero-order valence-corrected chi connectivity index (χ0v) is 16.6. The van der Waals surface area contributed by atoms with E-state index in [0.29, 0.717) is 23.6 Å². The lowest BCUT2D eigenvalue weighted by Crippen LogP contribution is -2.26. The number of fused-ring (bicyclic) bond motifs is 2. The van der Waals surface area contributed by atoms with Crippen molar-refractivity contribution in [1.82, 2.24) is 29.5 Å². The summed E-state index contributed by atoms with van der Waals surface area (Å²) >= 11 is 0. The van der Waals surface area contributed by atoms with Gasteiger partial charge in [0.1, 0.15) is 5.69 Å². The molecule has 0 spiro atoms. The molecule has 1 atom stereocenters. The maximum Gasteiger partial charge on any atom is 0.264 e. The van der Waals surface area contributed by atoms with E-state index >= 15 is 0 Å². The normalized spacial score (nSPS) is 16.9. The summed E-state index contributed by atoms with van der Waals surface area (Å²) in [6.07, 6.45) is 1.40. The van der Waals surface area contributed by atoms with Crippen LogP contribution in [0, 0.1) is 13.8 Å². The average Bonchev–Trinajstić information content (AvgIpc) is 3.36. The molecule has 154 valence electrons. The summed E-state index contributed by atoms with van der Waals surface area (Å²) in [5, 5.41) is 7.66. The summed E-state index contributed by atoms with van der Waals surface area (Å²) in [5.74, 6) is 0. The Labute approximate surface area is 170 Å². The third-order valence-corrected chi connectivity index (χ3v) is 5.57. The van der Waals surface area contributed by atoms with Crippen molar-refractivity contribution in [3.8, 4) is 11.4 Å². The number of hydrogen-bond donors (Lipinski definition) is 1. The lowest BCUT2D eigenvalue weighted by atomic mass is 10.1. The number of imidazole rings is 1. The van der Waals surface area contributed by atoms with E-state index in [0.717, 1.165) is 24.2 Å². The average molecular weight is 410 g/mol. The first-order valence-electron chi connectivity index (χ1n) is 9.81. The van der Waals surface area contributed by atoms with Crippen LogP contribution in [0.1, 0.15) is 35.7 Å². The number of nitrogens with one attached hydrogen (secondary N) is 1. The van der Waals surface area contributed by atoms with Gasteiger partial charge in [0.15, 0.2) is 5.65 Å². The fraction of sp³-hybridized carbons (Fsp3) is 0.333. The predicted octanol–water partition coefficient (Wildman–Crippen LogP) is 3.20. The highest BCUT2D eigenvalue weighted by Crippen LogP contribution is 2.30. The SMILES string of the molecule is Cc1cn2nc(-c3cc(C(F)F)c4c(=O)n(C5CCNC5)ccc4n3)cc(C)c2n1. The standard InChI is InChI=1S/C21H20F2N6O/c1-11-7-17(27-29-10-12(2)25-20(11)29)16-8-14(19(22)23)18-15(26-16)4-6-28(21(18)30)13-3-5-24-9-13/h4,6-8,10,13,19,24H,3,5,9H2,1-2H3. The van der Waals surface area contributed by atoms with Crippen molar-refractivity contribution in [2.45, 2.75) is 32.7 Å². The lowest BCUT2D eigenvalue weighted by Gasteiger charge is -2.15. The van der Waals surface area contributed by atoms with E-state index in [4.69, 9.17) is 0 Å². The molecule has 0 aromatic carbocycles. The summed E-state index contributed by atoms with van der Waals surface area (Å²) in [6, 6.07) is 4.65. The molecular formula is C21H20F2N6O. The summed E-state index contributed by atoms with van der Waals surface area (Å²) in [5.41, 5.74) is 2.62. The van der Waals surface area contributed by atoms with E-state index in [1.165, 1.54) is 10.6 Å². The van der Waals surface area contributed by atoms with Crippen LogP contribution in [0.25, 0.3) is 27.9 Å². The number of pyridine rings is 2. The van der Waals surface area contributed by atoms with Gasteiger partial charge in [-0.25, -0.2) is 23.3 Å². The van der Waals surface area contributed by atoms with Gasteiger partial charge in [0.25, 0.3) is 12.0 Å². The van der Waals surface area contributed by atoms with E-state index in [1.807, 2.05) is 13.8 Å². The number of aromatic nitrogens is 5. The van der Waals surface area contributed by atoms with Crippen LogP contribution in [0.15, 0.2) is 35.4 Å². The van der Waals surface area contributed by atoms with Crippen molar-refractivity contribution in [2.24, 2.45) is 0 Å². The van der Waals surface area contributed by atoms with E-state index in [1.54, 1.807) is 29.0 Å². The third-order valence-electron chi connectivity index (χ3n) is 5.57. The first-order valence-corrected chi connectivity index (χ1v) is 9.81.